The average molecular weight is 321 g/mol. The van der Waals surface area contributed by atoms with E-state index < -0.39 is 5.51 Å². The first-order chi connectivity index (χ1) is 9.93. The maximum Gasteiger partial charge on any atom is 0.446 e. The molecule has 7 heteroatoms. The number of benzene rings is 1. The molecule has 1 heterocycles. The molecule has 0 aliphatic carbocycles. The third-order valence-corrected chi connectivity index (χ3v) is 4.32. The molecule has 1 aromatic rings. The molecule has 1 aliphatic heterocycles. The largest absolute Gasteiger partial charge is 0.496 e. The Morgan fingerprint density at radius 2 is 2.19 bits per heavy atom. The van der Waals surface area contributed by atoms with Crippen LogP contribution in [0.3, 0.4) is 0 Å². The maximum absolute atomic E-state index is 12.6. The molecule has 3 nitrogen and oxygen atoms in total. The van der Waals surface area contributed by atoms with E-state index in [4.69, 9.17) is 4.74 Å². The summed E-state index contributed by atoms with van der Waals surface area (Å²) < 4.78 is 42.7. The molecule has 0 saturated carbocycles. The van der Waals surface area contributed by atoms with Crippen LogP contribution in [0, 0.1) is 0 Å². The Hall–Kier alpha value is -0.920. The summed E-state index contributed by atoms with van der Waals surface area (Å²) >= 11 is -0.162. The third kappa shape index (κ3) is 4.52. The first-order valence-electron chi connectivity index (χ1n) is 6.70. The van der Waals surface area contributed by atoms with Gasteiger partial charge in [-0.1, -0.05) is 6.07 Å². The second-order valence-corrected chi connectivity index (χ2v) is 6.09. The van der Waals surface area contributed by atoms with E-state index in [9.17, 15) is 18.3 Å². The van der Waals surface area contributed by atoms with Gasteiger partial charge in [-0.2, -0.15) is 13.2 Å². The molecule has 0 amide bonds. The van der Waals surface area contributed by atoms with Crippen molar-refractivity contribution in [2.24, 2.45) is 0 Å². The summed E-state index contributed by atoms with van der Waals surface area (Å²) in [5, 5.41) is 9.29. The maximum atomic E-state index is 12.6. The van der Waals surface area contributed by atoms with Crippen LogP contribution in [0.2, 0.25) is 0 Å². The van der Waals surface area contributed by atoms with Crippen LogP contribution in [0.5, 0.6) is 5.75 Å². The fraction of sp³-hybridized carbons (Fsp3) is 0.571. The highest BCUT2D eigenvalue weighted by molar-refractivity contribution is 8.00. The molecule has 0 radical (unpaired) electrons. The number of alkyl halides is 3. The zero-order chi connectivity index (χ0) is 15.5. The van der Waals surface area contributed by atoms with Crippen molar-refractivity contribution in [2.45, 2.75) is 35.8 Å². The van der Waals surface area contributed by atoms with E-state index in [1.807, 2.05) is 0 Å². The summed E-state index contributed by atoms with van der Waals surface area (Å²) in [5.74, 6) is 0.223. The summed E-state index contributed by atoms with van der Waals surface area (Å²) in [4.78, 5) is 2.17. The van der Waals surface area contributed by atoms with Crippen LogP contribution >= 0.6 is 11.8 Å². The van der Waals surface area contributed by atoms with E-state index >= 15 is 0 Å². The molecule has 0 unspecified atom stereocenters. The zero-order valence-electron chi connectivity index (χ0n) is 11.7. The van der Waals surface area contributed by atoms with Gasteiger partial charge in [0.15, 0.2) is 0 Å². The SMILES string of the molecule is COc1ccc(CN2CCC[C@@H]2CO)cc1SC(F)(F)F. The highest BCUT2D eigenvalue weighted by Gasteiger charge is 2.31. The predicted octanol–water partition coefficient (Wildman–Crippen LogP) is 3.26. The monoisotopic (exact) mass is 321 g/mol. The van der Waals surface area contributed by atoms with Gasteiger partial charge in [0.25, 0.3) is 0 Å². The number of rotatable bonds is 5. The molecule has 1 aliphatic rings. The van der Waals surface area contributed by atoms with Gasteiger partial charge in [-0.15, -0.1) is 0 Å². The lowest BCUT2D eigenvalue weighted by Gasteiger charge is -2.23. The van der Waals surface area contributed by atoms with Crippen molar-refractivity contribution in [3.8, 4) is 5.75 Å². The molecule has 1 saturated heterocycles. The molecule has 21 heavy (non-hydrogen) atoms. The van der Waals surface area contributed by atoms with E-state index in [1.54, 1.807) is 12.1 Å². The minimum Gasteiger partial charge on any atom is -0.496 e. The fourth-order valence-electron chi connectivity index (χ4n) is 2.57. The van der Waals surface area contributed by atoms with Gasteiger partial charge in [0.1, 0.15) is 5.75 Å². The Labute approximate surface area is 126 Å². The molecule has 0 bridgehead atoms. The lowest BCUT2D eigenvalue weighted by atomic mass is 10.2. The standard InChI is InChI=1S/C14H18F3NO2S/c1-20-12-5-4-10(7-13(12)21-14(15,16)17)8-18-6-2-3-11(18)9-19/h4-5,7,11,19H,2-3,6,8-9H2,1H3/t11-/m1/s1. The second-order valence-electron chi connectivity index (χ2n) is 4.98. The summed E-state index contributed by atoms with van der Waals surface area (Å²) in [7, 11) is 1.36. The quantitative estimate of drug-likeness (QED) is 0.844. The van der Waals surface area contributed by atoms with Crippen LogP contribution in [0.4, 0.5) is 13.2 Å². The Bertz CT molecular complexity index is 482. The van der Waals surface area contributed by atoms with E-state index in [0.717, 1.165) is 24.9 Å². The van der Waals surface area contributed by atoms with Crippen LogP contribution in [0.25, 0.3) is 0 Å². The van der Waals surface area contributed by atoms with Gasteiger partial charge in [0.2, 0.25) is 0 Å². The van der Waals surface area contributed by atoms with Crippen molar-refractivity contribution in [1.82, 2.24) is 4.90 Å². The number of ether oxygens (including phenoxy) is 1. The van der Waals surface area contributed by atoms with Gasteiger partial charge in [0.05, 0.1) is 18.6 Å². The number of halogens is 3. The van der Waals surface area contributed by atoms with Crippen molar-refractivity contribution in [3.63, 3.8) is 0 Å². The number of thioether (sulfide) groups is 1. The number of hydrogen-bond acceptors (Lipinski definition) is 4. The number of nitrogens with zero attached hydrogens (tertiary/aromatic N) is 1. The average Bonchev–Trinajstić information content (AvgIpc) is 2.84. The van der Waals surface area contributed by atoms with Crippen molar-refractivity contribution in [3.05, 3.63) is 23.8 Å². The predicted molar refractivity (Wildman–Crippen MR) is 75.4 cm³/mol. The molecule has 2 rings (SSSR count). The smallest absolute Gasteiger partial charge is 0.446 e. The number of hydrogen-bond donors (Lipinski definition) is 1. The van der Waals surface area contributed by atoms with Gasteiger partial charge < -0.3 is 9.84 Å². The third-order valence-electron chi connectivity index (χ3n) is 3.55. The second kappa shape index (κ2) is 6.89. The Kier molecular flexibility index (Phi) is 5.40. The van der Waals surface area contributed by atoms with Crippen LogP contribution < -0.4 is 4.74 Å². The van der Waals surface area contributed by atoms with E-state index in [2.05, 4.69) is 4.90 Å². The summed E-state index contributed by atoms with van der Waals surface area (Å²) in [5.41, 5.74) is -3.55. The Morgan fingerprint density at radius 1 is 1.43 bits per heavy atom. The highest BCUT2D eigenvalue weighted by atomic mass is 32.2. The molecule has 0 aromatic heterocycles. The number of methoxy groups -OCH3 is 1. The molecule has 1 atom stereocenters. The zero-order valence-corrected chi connectivity index (χ0v) is 12.5. The molecule has 0 spiro atoms. The van der Waals surface area contributed by atoms with E-state index in [0.29, 0.717) is 6.54 Å². The van der Waals surface area contributed by atoms with Gasteiger partial charge in [-0.3, -0.25) is 4.90 Å². The normalized spacial score (nSPS) is 20.0. The lowest BCUT2D eigenvalue weighted by Crippen LogP contribution is -2.31. The number of aliphatic hydroxyl groups is 1. The van der Waals surface area contributed by atoms with Gasteiger partial charge in [-0.05, 0) is 48.8 Å². The topological polar surface area (TPSA) is 32.7 Å². The minimum atomic E-state index is -4.34. The van der Waals surface area contributed by atoms with Crippen LogP contribution in [-0.4, -0.2) is 41.8 Å². The minimum absolute atomic E-state index is 0.0715. The molecule has 1 aromatic carbocycles. The summed E-state index contributed by atoms with van der Waals surface area (Å²) in [6, 6.07) is 4.95. The van der Waals surface area contributed by atoms with Crippen LogP contribution in [-0.2, 0) is 6.54 Å². The summed E-state index contributed by atoms with van der Waals surface area (Å²) in [6.07, 6.45) is 1.93. The molecular formula is C14H18F3NO2S. The molecule has 1 fully saturated rings. The summed E-state index contributed by atoms with van der Waals surface area (Å²) in [6.45, 7) is 1.49. The highest BCUT2D eigenvalue weighted by Crippen LogP contribution is 2.42. The van der Waals surface area contributed by atoms with E-state index in [1.165, 1.54) is 13.2 Å². The van der Waals surface area contributed by atoms with Gasteiger partial charge in [-0.25, -0.2) is 0 Å². The molecule has 1 N–H and O–H groups in total. The Morgan fingerprint density at radius 3 is 2.81 bits per heavy atom. The first kappa shape index (κ1) is 16.5. The van der Waals surface area contributed by atoms with Crippen molar-refractivity contribution in [1.29, 1.82) is 0 Å². The van der Waals surface area contributed by atoms with Crippen LogP contribution in [0.1, 0.15) is 18.4 Å². The van der Waals surface area contributed by atoms with Gasteiger partial charge in [0, 0.05) is 12.6 Å². The molecule has 118 valence electrons. The number of likely N-dealkylation sites (tertiary alicyclic amines) is 1. The fourth-order valence-corrected chi connectivity index (χ4v) is 3.28. The van der Waals surface area contributed by atoms with Crippen molar-refractivity contribution in [2.75, 3.05) is 20.3 Å². The van der Waals surface area contributed by atoms with Crippen molar-refractivity contribution >= 4 is 11.8 Å². The van der Waals surface area contributed by atoms with Crippen molar-refractivity contribution < 1.29 is 23.0 Å². The van der Waals surface area contributed by atoms with Crippen LogP contribution in [0.15, 0.2) is 23.1 Å². The molecular weight excluding hydrogens is 303 g/mol. The van der Waals surface area contributed by atoms with Gasteiger partial charge >= 0.3 is 5.51 Å². The Balaban J connectivity index is 2.15. The first-order valence-corrected chi connectivity index (χ1v) is 7.52. The van der Waals surface area contributed by atoms with E-state index in [-0.39, 0.29) is 35.1 Å². The number of aliphatic hydroxyl groups excluding tert-OH is 1. The lowest BCUT2D eigenvalue weighted by molar-refractivity contribution is -0.0328.